The molecule has 2 saturated heterocycles. The normalized spacial score (nSPS) is 19.0. The van der Waals surface area contributed by atoms with Gasteiger partial charge in [-0.15, -0.1) is 0 Å². The maximum atomic E-state index is 13.1. The molecule has 0 bridgehead atoms. The molecule has 2 heterocycles. The highest BCUT2D eigenvalue weighted by Gasteiger charge is 2.41. The van der Waals surface area contributed by atoms with Gasteiger partial charge in [-0.05, 0) is 55.7 Å². The van der Waals surface area contributed by atoms with Crippen LogP contribution in [-0.4, -0.2) is 84.0 Å². The molecule has 206 valence electrons. The average Bonchev–Trinajstić information content (AvgIpc) is 2.85. The monoisotopic (exact) mass is 553 g/mol. The van der Waals surface area contributed by atoms with Gasteiger partial charge in [0.05, 0.1) is 16.1 Å². The van der Waals surface area contributed by atoms with Crippen molar-refractivity contribution in [1.29, 1.82) is 0 Å². The second kappa shape index (κ2) is 10.7. The van der Waals surface area contributed by atoms with Crippen molar-refractivity contribution < 1.29 is 32.6 Å². The number of carbonyl (C=O) groups excluding carboxylic acids is 2. The number of ether oxygens (including phenoxy) is 1. The van der Waals surface area contributed by atoms with Gasteiger partial charge in [0.25, 0.3) is 11.8 Å². The highest BCUT2D eigenvalue weighted by Crippen LogP contribution is 2.34. The first-order valence-electron chi connectivity index (χ1n) is 12.4. The van der Waals surface area contributed by atoms with Gasteiger partial charge in [0.2, 0.25) is 0 Å². The molecule has 4 rings (SSSR count). The van der Waals surface area contributed by atoms with Crippen LogP contribution in [0.3, 0.4) is 0 Å². The topological polar surface area (TPSA) is 73.3 Å². The fourth-order valence-corrected chi connectivity index (χ4v) is 5.13. The van der Waals surface area contributed by atoms with Crippen LogP contribution in [0.1, 0.15) is 41.3 Å². The van der Waals surface area contributed by atoms with E-state index >= 15 is 0 Å². The summed E-state index contributed by atoms with van der Waals surface area (Å²) in [7, 11) is 3.32. The van der Waals surface area contributed by atoms with Crippen molar-refractivity contribution in [3.05, 3.63) is 64.2 Å². The molecule has 2 amide bonds. The first kappa shape index (κ1) is 28.2. The number of alkyl halides is 3. The van der Waals surface area contributed by atoms with E-state index < -0.39 is 23.2 Å². The maximum Gasteiger partial charge on any atom is 0.416 e. The van der Waals surface area contributed by atoms with E-state index in [1.807, 2.05) is 0 Å². The van der Waals surface area contributed by atoms with Gasteiger partial charge in [-0.3, -0.25) is 14.5 Å². The molecule has 1 N–H and O–H groups in total. The number of rotatable bonds is 6. The lowest BCUT2D eigenvalue weighted by Crippen LogP contribution is -2.60. The number of piperidine rings is 1. The number of likely N-dealkylation sites (tertiary alicyclic amines) is 2. The van der Waals surface area contributed by atoms with Gasteiger partial charge in [-0.1, -0.05) is 23.7 Å². The summed E-state index contributed by atoms with van der Waals surface area (Å²) in [6.45, 7) is 3.45. The van der Waals surface area contributed by atoms with E-state index in [0.717, 1.165) is 12.1 Å². The molecule has 1 atom stereocenters. The first-order valence-corrected chi connectivity index (χ1v) is 12.8. The molecule has 2 aliphatic heterocycles. The predicted molar refractivity (Wildman–Crippen MR) is 136 cm³/mol. The number of hydrogen-bond donors (Lipinski definition) is 1. The largest absolute Gasteiger partial charge is 0.488 e. The Bertz CT molecular complexity index is 1190. The Hall–Kier alpha value is -2.82. The van der Waals surface area contributed by atoms with Crippen LogP contribution in [-0.2, 0) is 16.6 Å². The van der Waals surface area contributed by atoms with Gasteiger partial charge in [0.1, 0.15) is 11.9 Å². The molecule has 0 aromatic heterocycles. The Kier molecular flexibility index (Phi) is 7.97. The van der Waals surface area contributed by atoms with Crippen molar-refractivity contribution in [3.8, 4) is 5.75 Å². The molecule has 2 aromatic rings. The van der Waals surface area contributed by atoms with Crippen molar-refractivity contribution in [3.63, 3.8) is 0 Å². The van der Waals surface area contributed by atoms with Crippen molar-refractivity contribution in [1.82, 2.24) is 14.7 Å². The zero-order valence-corrected chi connectivity index (χ0v) is 22.2. The van der Waals surface area contributed by atoms with Gasteiger partial charge in [-0.25, -0.2) is 0 Å². The number of aliphatic hydroxyl groups is 1. The van der Waals surface area contributed by atoms with Gasteiger partial charge in [0.15, 0.2) is 5.60 Å². The van der Waals surface area contributed by atoms with E-state index in [0.29, 0.717) is 55.4 Å². The minimum absolute atomic E-state index is 0.0252. The van der Waals surface area contributed by atoms with Crippen molar-refractivity contribution in [2.45, 2.75) is 43.7 Å². The fraction of sp³-hybridized carbons (Fsp3) is 0.481. The second-order valence-electron chi connectivity index (χ2n) is 10.2. The lowest BCUT2D eigenvalue weighted by atomic mass is 9.91. The molecular formula is C27H31ClF3N3O4. The van der Waals surface area contributed by atoms with Crippen LogP contribution in [0.25, 0.3) is 0 Å². The molecule has 7 nitrogen and oxygen atoms in total. The van der Waals surface area contributed by atoms with E-state index in [1.165, 1.54) is 28.9 Å². The molecule has 38 heavy (non-hydrogen) atoms. The van der Waals surface area contributed by atoms with Crippen LogP contribution in [0.15, 0.2) is 42.5 Å². The molecular weight excluding hydrogens is 523 g/mol. The highest BCUT2D eigenvalue weighted by atomic mass is 35.5. The first-order chi connectivity index (χ1) is 17.8. The van der Waals surface area contributed by atoms with Gasteiger partial charge < -0.3 is 19.6 Å². The highest BCUT2D eigenvalue weighted by molar-refractivity contribution is 6.34. The summed E-state index contributed by atoms with van der Waals surface area (Å²) < 4.78 is 45.3. The quantitative estimate of drug-likeness (QED) is 0.585. The van der Waals surface area contributed by atoms with E-state index in [-0.39, 0.29) is 23.6 Å². The number of halogens is 4. The Morgan fingerprint density at radius 3 is 2.26 bits per heavy atom. The molecule has 11 heteroatoms. The van der Waals surface area contributed by atoms with Gasteiger partial charge >= 0.3 is 6.18 Å². The van der Waals surface area contributed by atoms with E-state index in [2.05, 4.69) is 4.90 Å². The Labute approximate surface area is 224 Å². The van der Waals surface area contributed by atoms with E-state index in [4.69, 9.17) is 16.3 Å². The second-order valence-corrected chi connectivity index (χ2v) is 10.6. The average molecular weight is 554 g/mol. The Morgan fingerprint density at radius 2 is 1.68 bits per heavy atom. The SMILES string of the molecule is CN(C)C(=O)c1ccc(OC2CN(C3CCN(C(=O)[C@@](C)(O)c4cccc(C(F)(F)F)c4)CC3)C2)cc1Cl. The molecule has 0 spiro atoms. The summed E-state index contributed by atoms with van der Waals surface area (Å²) in [4.78, 5) is 30.4. The third kappa shape index (κ3) is 5.92. The number of nitrogens with zero attached hydrogens (tertiary/aromatic N) is 3. The van der Waals surface area contributed by atoms with Crippen LogP contribution >= 0.6 is 11.6 Å². The van der Waals surface area contributed by atoms with E-state index in [1.54, 1.807) is 32.3 Å². The third-order valence-electron chi connectivity index (χ3n) is 7.19. The standard InChI is InChI=1S/C27H31ClF3N3O4/c1-26(37,17-5-4-6-18(13-17)27(29,30)31)25(36)33-11-9-19(10-12-33)34-15-21(16-34)38-20-7-8-22(23(28)14-20)24(35)32(2)3/h4-8,13-14,19,21,37H,9-12,15-16H2,1-3H3/t26-/m0/s1. The lowest BCUT2D eigenvalue weighted by Gasteiger charge is -2.47. The maximum absolute atomic E-state index is 13.1. The summed E-state index contributed by atoms with van der Waals surface area (Å²) in [6.07, 6.45) is -3.22. The van der Waals surface area contributed by atoms with Crippen LogP contribution in [0.2, 0.25) is 5.02 Å². The number of benzene rings is 2. The lowest BCUT2D eigenvalue weighted by molar-refractivity contribution is -0.153. The predicted octanol–water partition coefficient (Wildman–Crippen LogP) is 4.02. The van der Waals surface area contributed by atoms with Crippen LogP contribution in [0, 0.1) is 0 Å². The van der Waals surface area contributed by atoms with Crippen molar-refractivity contribution in [2.24, 2.45) is 0 Å². The number of carbonyl (C=O) groups is 2. The van der Waals surface area contributed by atoms with Crippen molar-refractivity contribution >= 4 is 23.4 Å². The molecule has 2 aliphatic rings. The molecule has 2 fully saturated rings. The molecule has 0 unspecified atom stereocenters. The summed E-state index contributed by atoms with van der Waals surface area (Å²) in [6, 6.07) is 9.52. The van der Waals surface area contributed by atoms with Crippen LogP contribution < -0.4 is 4.74 Å². The van der Waals surface area contributed by atoms with Crippen LogP contribution in [0.5, 0.6) is 5.75 Å². The van der Waals surface area contributed by atoms with Crippen molar-refractivity contribution in [2.75, 3.05) is 40.3 Å². The summed E-state index contributed by atoms with van der Waals surface area (Å²) in [5.74, 6) is -0.196. The van der Waals surface area contributed by atoms with Crippen LogP contribution in [0.4, 0.5) is 13.2 Å². The Morgan fingerprint density at radius 1 is 1.05 bits per heavy atom. The van der Waals surface area contributed by atoms with Gasteiger partial charge in [0, 0.05) is 46.3 Å². The molecule has 0 radical (unpaired) electrons. The molecule has 2 aromatic carbocycles. The molecule has 0 aliphatic carbocycles. The minimum atomic E-state index is -4.56. The summed E-state index contributed by atoms with van der Waals surface area (Å²) >= 11 is 6.26. The van der Waals surface area contributed by atoms with E-state index in [9.17, 15) is 27.9 Å². The number of hydrogen-bond acceptors (Lipinski definition) is 5. The summed E-state index contributed by atoms with van der Waals surface area (Å²) in [5, 5.41) is 11.2. The summed E-state index contributed by atoms with van der Waals surface area (Å²) in [5.41, 5.74) is -2.64. The zero-order valence-electron chi connectivity index (χ0n) is 21.5. The fourth-order valence-electron chi connectivity index (χ4n) is 4.88. The third-order valence-corrected chi connectivity index (χ3v) is 7.51. The molecule has 0 saturated carbocycles. The Balaban J connectivity index is 1.27. The zero-order chi connectivity index (χ0) is 27.8. The minimum Gasteiger partial charge on any atom is -0.488 e. The number of amides is 2. The van der Waals surface area contributed by atoms with Gasteiger partial charge in [-0.2, -0.15) is 13.2 Å². The smallest absolute Gasteiger partial charge is 0.416 e.